The lowest BCUT2D eigenvalue weighted by atomic mass is 9.96. The van der Waals surface area contributed by atoms with Gasteiger partial charge in [0.1, 0.15) is 0 Å². The van der Waals surface area contributed by atoms with Crippen molar-refractivity contribution in [3.05, 3.63) is 52.5 Å². The molecular formula is C31H44Cl2N4O7S3. The van der Waals surface area contributed by atoms with Gasteiger partial charge in [0.25, 0.3) is 0 Å². The van der Waals surface area contributed by atoms with Gasteiger partial charge in [-0.15, -0.1) is 0 Å². The Bertz CT molecular complexity index is 1720. The highest BCUT2D eigenvalue weighted by Gasteiger charge is 2.34. The van der Waals surface area contributed by atoms with Gasteiger partial charge in [-0.3, -0.25) is 4.79 Å². The van der Waals surface area contributed by atoms with Gasteiger partial charge in [0.05, 0.1) is 31.3 Å². The molecule has 0 saturated carbocycles. The fraction of sp³-hybridized carbons (Fsp3) is 0.581. The Labute approximate surface area is 289 Å². The average Bonchev–Trinajstić information content (AvgIpc) is 3.04. The summed E-state index contributed by atoms with van der Waals surface area (Å²) in [5.41, 5.74) is 0.621. The quantitative estimate of drug-likeness (QED) is 0.295. The molecule has 2 aliphatic heterocycles. The van der Waals surface area contributed by atoms with Gasteiger partial charge in [-0.05, 0) is 94.2 Å². The van der Waals surface area contributed by atoms with Crippen LogP contribution in [-0.2, 0) is 34.7 Å². The SMILES string of the molecule is CCN(CC)S(=O)(=O)c1ccc(S(=O)(=O)C2CCN(CCCN(C(=O)C3CCN(S(C)(=O)=O)CC3)c3ccc(Cl)c(Cl)c3)CC2)cc1. The molecule has 2 aromatic carbocycles. The third-order valence-corrected chi connectivity index (χ3v) is 15.5. The van der Waals surface area contributed by atoms with E-state index in [0.29, 0.717) is 100 Å². The van der Waals surface area contributed by atoms with Crippen molar-refractivity contribution in [1.82, 2.24) is 13.5 Å². The molecule has 11 nitrogen and oxygen atoms in total. The first-order chi connectivity index (χ1) is 22.1. The molecule has 0 radical (unpaired) electrons. The van der Waals surface area contributed by atoms with Gasteiger partial charge in [-0.2, -0.15) is 4.31 Å². The molecule has 2 aliphatic rings. The molecule has 0 atom stereocenters. The van der Waals surface area contributed by atoms with E-state index in [4.69, 9.17) is 23.2 Å². The van der Waals surface area contributed by atoms with E-state index in [1.54, 1.807) is 36.9 Å². The molecule has 2 saturated heterocycles. The second-order valence-corrected chi connectivity index (χ2v) is 19.0. The lowest BCUT2D eigenvalue weighted by Crippen LogP contribution is -2.45. The second-order valence-electron chi connectivity index (χ2n) is 12.0. The van der Waals surface area contributed by atoms with Gasteiger partial charge in [-0.1, -0.05) is 37.0 Å². The molecule has 0 unspecified atom stereocenters. The van der Waals surface area contributed by atoms with E-state index >= 15 is 0 Å². The number of benzene rings is 2. The monoisotopic (exact) mass is 750 g/mol. The number of sulfone groups is 1. The molecular weight excluding hydrogens is 707 g/mol. The van der Waals surface area contributed by atoms with Crippen LogP contribution in [0.3, 0.4) is 0 Å². The summed E-state index contributed by atoms with van der Waals surface area (Å²) >= 11 is 12.4. The molecule has 0 aliphatic carbocycles. The van der Waals surface area contributed by atoms with E-state index in [1.807, 2.05) is 0 Å². The summed E-state index contributed by atoms with van der Waals surface area (Å²) in [6.45, 7) is 6.96. The number of piperidine rings is 2. The van der Waals surface area contributed by atoms with E-state index in [9.17, 15) is 30.0 Å². The highest BCUT2D eigenvalue weighted by atomic mass is 35.5. The highest BCUT2D eigenvalue weighted by molar-refractivity contribution is 7.92. The van der Waals surface area contributed by atoms with Gasteiger partial charge in [-0.25, -0.2) is 29.6 Å². The van der Waals surface area contributed by atoms with E-state index in [-0.39, 0.29) is 21.6 Å². The zero-order chi connectivity index (χ0) is 34.6. The Morgan fingerprint density at radius 3 is 1.91 bits per heavy atom. The molecule has 4 rings (SSSR count). The zero-order valence-corrected chi connectivity index (χ0v) is 31.0. The van der Waals surface area contributed by atoms with Gasteiger partial charge in [0.15, 0.2) is 9.84 Å². The average molecular weight is 752 g/mol. The maximum atomic E-state index is 13.7. The zero-order valence-electron chi connectivity index (χ0n) is 27.0. The molecule has 16 heteroatoms. The Kier molecular flexibility index (Phi) is 12.8. The Morgan fingerprint density at radius 2 is 1.38 bits per heavy atom. The Balaban J connectivity index is 1.35. The van der Waals surface area contributed by atoms with Crippen LogP contribution in [0.25, 0.3) is 0 Å². The number of sulfonamides is 2. The fourth-order valence-corrected chi connectivity index (χ4v) is 10.6. The van der Waals surface area contributed by atoms with Crippen LogP contribution < -0.4 is 4.90 Å². The number of nitrogens with zero attached hydrogens (tertiary/aromatic N) is 4. The molecule has 47 heavy (non-hydrogen) atoms. The molecule has 2 heterocycles. The number of carbonyl (C=O) groups is 1. The van der Waals surface area contributed by atoms with Crippen molar-refractivity contribution in [1.29, 1.82) is 0 Å². The van der Waals surface area contributed by atoms with Crippen LogP contribution in [0, 0.1) is 5.92 Å². The van der Waals surface area contributed by atoms with Gasteiger partial charge < -0.3 is 9.80 Å². The first-order valence-corrected chi connectivity index (χ1v) is 21.5. The van der Waals surface area contributed by atoms with Crippen molar-refractivity contribution in [3.8, 4) is 0 Å². The van der Waals surface area contributed by atoms with Crippen LogP contribution in [0.2, 0.25) is 10.0 Å². The van der Waals surface area contributed by atoms with Crippen molar-refractivity contribution in [2.24, 2.45) is 5.92 Å². The third-order valence-electron chi connectivity index (χ3n) is 9.08. The largest absolute Gasteiger partial charge is 0.312 e. The first-order valence-electron chi connectivity index (χ1n) is 15.9. The predicted molar refractivity (Wildman–Crippen MR) is 186 cm³/mol. The smallest absolute Gasteiger partial charge is 0.243 e. The highest BCUT2D eigenvalue weighted by Crippen LogP contribution is 2.31. The summed E-state index contributed by atoms with van der Waals surface area (Å²) in [5.74, 6) is -0.410. The lowest BCUT2D eigenvalue weighted by Gasteiger charge is -2.34. The van der Waals surface area contributed by atoms with Crippen LogP contribution in [0.1, 0.15) is 46.0 Å². The fourth-order valence-electron chi connectivity index (χ4n) is 6.28. The Hall–Kier alpha value is -1.78. The number of hydrogen-bond donors (Lipinski definition) is 0. The van der Waals surface area contributed by atoms with Crippen LogP contribution in [0.4, 0.5) is 5.69 Å². The van der Waals surface area contributed by atoms with Gasteiger partial charge in [0, 0.05) is 44.3 Å². The molecule has 0 aromatic heterocycles. The van der Waals surface area contributed by atoms with Crippen LogP contribution in [-0.4, -0.2) is 109 Å². The summed E-state index contributed by atoms with van der Waals surface area (Å²) in [6.07, 6.45) is 3.55. The molecule has 0 spiro atoms. The maximum absolute atomic E-state index is 13.7. The minimum Gasteiger partial charge on any atom is -0.312 e. The number of hydrogen-bond acceptors (Lipinski definition) is 8. The van der Waals surface area contributed by atoms with Crippen molar-refractivity contribution in [3.63, 3.8) is 0 Å². The Morgan fingerprint density at radius 1 is 0.809 bits per heavy atom. The standard InChI is InChI=1S/C31H44Cl2N4O7S3/c1-4-35(5-2)47(43,44)28-10-8-26(9-11-28)46(41,42)27-15-19-34(20-16-27)17-6-18-37(25-7-12-29(32)30(33)23-25)31(38)24-13-21-36(22-14-24)45(3,39)40/h7-12,23-24,27H,4-6,13-22H2,1-3H3. The molecule has 1 amide bonds. The number of rotatable bonds is 13. The molecule has 2 fully saturated rings. The van der Waals surface area contributed by atoms with Crippen molar-refractivity contribution in [2.75, 3.05) is 63.5 Å². The summed E-state index contributed by atoms with van der Waals surface area (Å²) in [6, 6.07) is 10.6. The number of anilines is 1. The van der Waals surface area contributed by atoms with Crippen LogP contribution in [0.15, 0.2) is 52.3 Å². The van der Waals surface area contributed by atoms with Crippen molar-refractivity contribution in [2.45, 2.75) is 61.0 Å². The number of likely N-dealkylation sites (tertiary alicyclic amines) is 1. The first kappa shape index (κ1) is 38.0. The van der Waals surface area contributed by atoms with Gasteiger partial charge in [0.2, 0.25) is 26.0 Å². The van der Waals surface area contributed by atoms with Crippen molar-refractivity contribution < 1.29 is 30.0 Å². The molecule has 2 aromatic rings. The summed E-state index contributed by atoms with van der Waals surface area (Å²) in [5, 5.41) is 0.135. The van der Waals surface area contributed by atoms with E-state index in [2.05, 4.69) is 4.90 Å². The second kappa shape index (κ2) is 15.8. The number of amides is 1. The minimum absolute atomic E-state index is 0.0720. The maximum Gasteiger partial charge on any atom is 0.243 e. The van der Waals surface area contributed by atoms with E-state index < -0.39 is 35.1 Å². The normalized spacial score (nSPS) is 18.1. The molecule has 0 N–H and O–H groups in total. The van der Waals surface area contributed by atoms with E-state index in [0.717, 1.165) is 0 Å². The predicted octanol–water partition coefficient (Wildman–Crippen LogP) is 4.36. The van der Waals surface area contributed by atoms with E-state index in [1.165, 1.54) is 39.1 Å². The van der Waals surface area contributed by atoms with Crippen LogP contribution >= 0.6 is 23.2 Å². The van der Waals surface area contributed by atoms with Crippen LogP contribution in [0.5, 0.6) is 0 Å². The summed E-state index contributed by atoms with van der Waals surface area (Å²) in [4.78, 5) is 17.8. The number of carbonyl (C=O) groups excluding carboxylic acids is 1. The molecule has 262 valence electrons. The van der Waals surface area contributed by atoms with Crippen molar-refractivity contribution >= 4 is 64.7 Å². The lowest BCUT2D eigenvalue weighted by molar-refractivity contribution is -0.123. The molecule has 0 bridgehead atoms. The topological polar surface area (TPSA) is 132 Å². The summed E-state index contributed by atoms with van der Waals surface area (Å²) < 4.78 is 79.1. The summed E-state index contributed by atoms with van der Waals surface area (Å²) in [7, 11) is -10.6. The van der Waals surface area contributed by atoms with Gasteiger partial charge >= 0.3 is 0 Å². The number of halogens is 2. The third kappa shape index (κ3) is 9.07. The minimum atomic E-state index is -3.68.